The van der Waals surface area contributed by atoms with E-state index in [9.17, 15) is 4.79 Å². The van der Waals surface area contributed by atoms with Gasteiger partial charge in [0.25, 0.3) is 0 Å². The van der Waals surface area contributed by atoms with Crippen molar-refractivity contribution < 1.29 is 4.79 Å². The molecule has 1 aromatic heterocycles. The number of amides is 2. The van der Waals surface area contributed by atoms with E-state index in [4.69, 9.17) is 5.73 Å². The van der Waals surface area contributed by atoms with E-state index in [1.54, 1.807) is 10.9 Å². The zero-order valence-electron chi connectivity index (χ0n) is 10.5. The van der Waals surface area contributed by atoms with Crippen LogP contribution >= 0.6 is 0 Å². The lowest BCUT2D eigenvalue weighted by molar-refractivity contribution is 0.251. The summed E-state index contributed by atoms with van der Waals surface area (Å²) in [5.41, 5.74) is 7.28. The second-order valence-electron chi connectivity index (χ2n) is 4.05. The van der Waals surface area contributed by atoms with Gasteiger partial charge in [0.05, 0.1) is 6.54 Å². The molecule has 4 N–H and O–H groups in total. The highest BCUT2D eigenvalue weighted by molar-refractivity contribution is 5.89. The molecule has 6 heteroatoms. The molecule has 0 saturated heterocycles. The Morgan fingerprint density at radius 1 is 1.32 bits per heavy atom. The monoisotopic (exact) mass is 259 g/mol. The van der Waals surface area contributed by atoms with E-state index >= 15 is 0 Å². The van der Waals surface area contributed by atoms with Crippen molar-refractivity contribution in [2.75, 3.05) is 11.9 Å². The molecule has 1 aromatic carbocycles. The number of hydrogen-bond donors (Lipinski definition) is 3. The Morgan fingerprint density at radius 2 is 2.11 bits per heavy atom. The fourth-order valence-corrected chi connectivity index (χ4v) is 1.62. The fourth-order valence-electron chi connectivity index (χ4n) is 1.62. The average Bonchev–Trinajstić information content (AvgIpc) is 2.93. The Kier molecular flexibility index (Phi) is 4.52. The molecule has 0 fully saturated rings. The highest BCUT2D eigenvalue weighted by Crippen LogP contribution is 2.08. The van der Waals surface area contributed by atoms with Crippen molar-refractivity contribution in [2.45, 2.75) is 13.1 Å². The Balaban J connectivity index is 1.74. The number of carbonyl (C=O) groups is 1. The minimum atomic E-state index is -0.229. The summed E-state index contributed by atoms with van der Waals surface area (Å²) in [4.78, 5) is 11.6. The lowest BCUT2D eigenvalue weighted by atomic mass is 10.2. The Hall–Kier alpha value is -2.34. The first-order valence-corrected chi connectivity index (χ1v) is 6.09. The number of benzene rings is 1. The van der Waals surface area contributed by atoms with Gasteiger partial charge in [0.1, 0.15) is 0 Å². The minimum absolute atomic E-state index is 0.229. The molecule has 0 aliphatic carbocycles. The maximum Gasteiger partial charge on any atom is 0.319 e. The molecule has 0 atom stereocenters. The first-order chi connectivity index (χ1) is 9.28. The number of carbonyl (C=O) groups excluding carboxylic acids is 1. The molecule has 2 rings (SSSR count). The lowest BCUT2D eigenvalue weighted by Crippen LogP contribution is -2.31. The molecular formula is C13H17N5O. The van der Waals surface area contributed by atoms with Crippen molar-refractivity contribution in [1.29, 1.82) is 0 Å². The number of nitrogens with zero attached hydrogens (tertiary/aromatic N) is 2. The third-order valence-electron chi connectivity index (χ3n) is 2.63. The Bertz CT molecular complexity index is 506. The van der Waals surface area contributed by atoms with Gasteiger partial charge in [0.2, 0.25) is 0 Å². The van der Waals surface area contributed by atoms with Gasteiger partial charge >= 0.3 is 6.03 Å². The van der Waals surface area contributed by atoms with Crippen molar-refractivity contribution in [3.05, 3.63) is 48.3 Å². The zero-order chi connectivity index (χ0) is 13.5. The van der Waals surface area contributed by atoms with E-state index in [-0.39, 0.29) is 6.03 Å². The first kappa shape index (κ1) is 13.1. The first-order valence-electron chi connectivity index (χ1n) is 6.09. The molecule has 1 heterocycles. The molecule has 0 bridgehead atoms. The van der Waals surface area contributed by atoms with E-state index in [1.807, 2.05) is 36.5 Å². The Labute approximate surface area is 111 Å². The number of nitrogens with two attached hydrogens (primary N) is 1. The summed E-state index contributed by atoms with van der Waals surface area (Å²) < 4.78 is 1.76. The van der Waals surface area contributed by atoms with Gasteiger partial charge in [-0.1, -0.05) is 12.1 Å². The minimum Gasteiger partial charge on any atom is -0.336 e. The van der Waals surface area contributed by atoms with Gasteiger partial charge < -0.3 is 16.4 Å². The maximum absolute atomic E-state index is 11.6. The number of aromatic nitrogens is 2. The van der Waals surface area contributed by atoms with Gasteiger partial charge in [0.15, 0.2) is 0 Å². The summed E-state index contributed by atoms with van der Waals surface area (Å²) in [6.07, 6.45) is 3.56. The van der Waals surface area contributed by atoms with Crippen molar-refractivity contribution in [1.82, 2.24) is 15.1 Å². The lowest BCUT2D eigenvalue weighted by Gasteiger charge is -2.08. The van der Waals surface area contributed by atoms with Gasteiger partial charge in [-0.15, -0.1) is 0 Å². The van der Waals surface area contributed by atoms with Crippen molar-refractivity contribution in [2.24, 2.45) is 5.73 Å². The van der Waals surface area contributed by atoms with Gasteiger partial charge in [0, 0.05) is 31.2 Å². The smallest absolute Gasteiger partial charge is 0.319 e. The number of nitrogens with one attached hydrogen (secondary N) is 2. The second kappa shape index (κ2) is 6.55. The van der Waals surface area contributed by atoms with Crippen LogP contribution in [-0.4, -0.2) is 22.4 Å². The number of hydrogen-bond acceptors (Lipinski definition) is 3. The second-order valence-corrected chi connectivity index (χ2v) is 4.05. The summed E-state index contributed by atoms with van der Waals surface area (Å²) in [6.45, 7) is 1.66. The zero-order valence-corrected chi connectivity index (χ0v) is 10.5. The largest absolute Gasteiger partial charge is 0.336 e. The predicted octanol–water partition coefficient (Wildman–Crippen LogP) is 1.16. The van der Waals surface area contributed by atoms with Crippen LogP contribution in [-0.2, 0) is 13.1 Å². The van der Waals surface area contributed by atoms with E-state index in [1.165, 1.54) is 0 Å². The van der Waals surface area contributed by atoms with Gasteiger partial charge in [-0.05, 0) is 23.8 Å². The van der Waals surface area contributed by atoms with Gasteiger partial charge in [-0.2, -0.15) is 5.10 Å². The van der Waals surface area contributed by atoms with Crippen molar-refractivity contribution >= 4 is 11.7 Å². The molecular weight excluding hydrogens is 242 g/mol. The molecule has 0 spiro atoms. The molecule has 2 aromatic rings. The number of rotatable bonds is 5. The van der Waals surface area contributed by atoms with Crippen LogP contribution in [0.15, 0.2) is 42.7 Å². The van der Waals surface area contributed by atoms with Crippen LogP contribution in [0.2, 0.25) is 0 Å². The molecule has 0 unspecified atom stereocenters. The van der Waals surface area contributed by atoms with Gasteiger partial charge in [-0.3, -0.25) is 4.68 Å². The molecule has 100 valence electrons. The topological polar surface area (TPSA) is 85.0 Å². The quantitative estimate of drug-likeness (QED) is 0.753. The molecule has 0 radical (unpaired) electrons. The summed E-state index contributed by atoms with van der Waals surface area (Å²) >= 11 is 0. The molecule has 6 nitrogen and oxygen atoms in total. The fraction of sp³-hybridized carbons (Fsp3) is 0.231. The molecule has 0 aliphatic rings. The normalized spacial score (nSPS) is 10.2. The SMILES string of the molecule is NCc1ccc(NC(=O)NCCn2cccn2)cc1. The number of anilines is 1. The third-order valence-corrected chi connectivity index (χ3v) is 2.63. The van der Waals surface area contributed by atoms with Crippen LogP contribution in [0.4, 0.5) is 10.5 Å². The van der Waals surface area contributed by atoms with Crippen molar-refractivity contribution in [3.63, 3.8) is 0 Å². The molecule has 2 amide bonds. The summed E-state index contributed by atoms with van der Waals surface area (Å²) in [6, 6.07) is 9.05. The molecule has 0 saturated carbocycles. The standard InChI is InChI=1S/C13H17N5O/c14-10-11-2-4-12(5-3-11)17-13(19)15-7-9-18-8-1-6-16-18/h1-6,8H,7,9-10,14H2,(H2,15,17,19). The van der Waals surface area contributed by atoms with Gasteiger partial charge in [-0.25, -0.2) is 4.79 Å². The summed E-state index contributed by atoms with van der Waals surface area (Å²) in [7, 11) is 0. The third kappa shape index (κ3) is 4.11. The number of urea groups is 1. The molecule has 0 aliphatic heterocycles. The van der Waals surface area contributed by atoms with Crippen LogP contribution < -0.4 is 16.4 Å². The van der Waals surface area contributed by atoms with Crippen LogP contribution in [0.3, 0.4) is 0 Å². The summed E-state index contributed by atoms with van der Waals surface area (Å²) in [5, 5.41) is 9.56. The average molecular weight is 259 g/mol. The molecule has 19 heavy (non-hydrogen) atoms. The van der Waals surface area contributed by atoms with Crippen molar-refractivity contribution in [3.8, 4) is 0 Å². The van der Waals surface area contributed by atoms with E-state index in [0.29, 0.717) is 19.6 Å². The van der Waals surface area contributed by atoms with E-state index < -0.39 is 0 Å². The summed E-state index contributed by atoms with van der Waals surface area (Å²) in [5.74, 6) is 0. The maximum atomic E-state index is 11.6. The van der Waals surface area contributed by atoms with Crippen LogP contribution in [0, 0.1) is 0 Å². The predicted molar refractivity (Wildman–Crippen MR) is 73.6 cm³/mol. The van der Waals surface area contributed by atoms with Crippen LogP contribution in [0.1, 0.15) is 5.56 Å². The van der Waals surface area contributed by atoms with Crippen LogP contribution in [0.5, 0.6) is 0 Å². The highest BCUT2D eigenvalue weighted by Gasteiger charge is 2.01. The Morgan fingerprint density at radius 3 is 2.74 bits per heavy atom. The van der Waals surface area contributed by atoms with Crippen LogP contribution in [0.25, 0.3) is 0 Å². The van der Waals surface area contributed by atoms with E-state index in [0.717, 1.165) is 11.3 Å². The van der Waals surface area contributed by atoms with E-state index in [2.05, 4.69) is 15.7 Å². The highest BCUT2D eigenvalue weighted by atomic mass is 16.2.